The normalized spacial score (nSPS) is 13.8. The molecule has 0 aliphatic heterocycles. The molecule has 2 heterocycles. The first-order chi connectivity index (χ1) is 14.8. The van der Waals surface area contributed by atoms with Crippen molar-refractivity contribution in [3.8, 4) is 6.07 Å². The van der Waals surface area contributed by atoms with Gasteiger partial charge in [-0.2, -0.15) is 10.4 Å². The Balaban J connectivity index is 1.52. The molecule has 0 radical (unpaired) electrons. The number of nitrogens with one attached hydrogen (secondary N) is 2. The van der Waals surface area contributed by atoms with Crippen LogP contribution in [0.25, 0.3) is 0 Å². The summed E-state index contributed by atoms with van der Waals surface area (Å²) in [4.78, 5) is 29.1. The van der Waals surface area contributed by atoms with E-state index in [0.717, 1.165) is 30.2 Å². The van der Waals surface area contributed by atoms with Crippen LogP contribution in [-0.4, -0.2) is 27.0 Å². The van der Waals surface area contributed by atoms with Crippen LogP contribution >= 0.6 is 11.3 Å². The van der Waals surface area contributed by atoms with Crippen LogP contribution in [0.15, 0.2) is 30.5 Å². The average molecular weight is 437 g/mol. The van der Waals surface area contributed by atoms with Crippen LogP contribution in [0.4, 0.5) is 21.0 Å². The maximum atomic E-state index is 14.5. The average Bonchev–Trinajstić information content (AvgIpc) is 3.43. The minimum absolute atomic E-state index is 0.119. The first-order valence-electron chi connectivity index (χ1n) is 9.21. The van der Waals surface area contributed by atoms with Gasteiger partial charge in [-0.25, -0.2) is 9.37 Å². The van der Waals surface area contributed by atoms with E-state index in [2.05, 4.69) is 31.9 Å². The molecular weight excluding hydrogens is 421 g/mol. The van der Waals surface area contributed by atoms with E-state index in [4.69, 9.17) is 5.73 Å². The summed E-state index contributed by atoms with van der Waals surface area (Å²) in [5, 5.41) is 22.5. The van der Waals surface area contributed by atoms with E-state index in [9.17, 15) is 19.2 Å². The lowest BCUT2D eigenvalue weighted by molar-refractivity contribution is 0.101. The standard InChI is InChI=1S/C20H16FN7O2S/c1-10-6-12(21)11(7-13(10)25-18(30)14-8-24-19(23)31-14)17(29)26-16-3-2-15(27-28-16)20(9-22)4-5-20/h2-3,6-8H,4-5H2,1H3,(H2,23,24)(H,25,30)(H,26,28,29). The largest absolute Gasteiger partial charge is 0.375 e. The minimum Gasteiger partial charge on any atom is -0.375 e. The van der Waals surface area contributed by atoms with Crippen molar-refractivity contribution in [3.63, 3.8) is 0 Å². The quantitative estimate of drug-likeness (QED) is 0.556. The van der Waals surface area contributed by atoms with Crippen LogP contribution in [-0.2, 0) is 5.41 Å². The Hall–Kier alpha value is -3.91. The van der Waals surface area contributed by atoms with E-state index >= 15 is 0 Å². The summed E-state index contributed by atoms with van der Waals surface area (Å²) in [7, 11) is 0. The van der Waals surface area contributed by atoms with Crippen LogP contribution in [0.5, 0.6) is 0 Å². The van der Waals surface area contributed by atoms with Gasteiger partial charge >= 0.3 is 0 Å². The number of aryl methyl sites for hydroxylation is 1. The van der Waals surface area contributed by atoms with Gasteiger partial charge in [-0.1, -0.05) is 11.3 Å². The van der Waals surface area contributed by atoms with Crippen LogP contribution in [0, 0.1) is 24.1 Å². The second-order valence-electron chi connectivity index (χ2n) is 7.12. The van der Waals surface area contributed by atoms with E-state index in [-0.39, 0.29) is 27.1 Å². The van der Waals surface area contributed by atoms with Gasteiger partial charge in [0.05, 0.1) is 23.5 Å². The molecule has 9 nitrogen and oxygen atoms in total. The molecule has 0 bridgehead atoms. The molecule has 156 valence electrons. The molecule has 1 aromatic carbocycles. The molecule has 1 saturated carbocycles. The molecule has 4 N–H and O–H groups in total. The van der Waals surface area contributed by atoms with Crippen LogP contribution < -0.4 is 16.4 Å². The number of carbonyl (C=O) groups excluding carboxylic acids is 2. The van der Waals surface area contributed by atoms with Crippen molar-refractivity contribution < 1.29 is 14.0 Å². The topological polar surface area (TPSA) is 147 Å². The number of carbonyl (C=O) groups is 2. The molecule has 0 atom stereocenters. The van der Waals surface area contributed by atoms with Gasteiger partial charge in [-0.05, 0) is 49.6 Å². The second-order valence-corrected chi connectivity index (χ2v) is 8.18. The van der Waals surface area contributed by atoms with Gasteiger partial charge in [0.1, 0.15) is 16.1 Å². The first-order valence-corrected chi connectivity index (χ1v) is 10.0. The molecule has 1 aliphatic carbocycles. The molecule has 1 aliphatic rings. The van der Waals surface area contributed by atoms with Crippen LogP contribution in [0.1, 0.15) is 44.1 Å². The Morgan fingerprint density at radius 2 is 2.00 bits per heavy atom. The van der Waals surface area contributed by atoms with Crippen molar-refractivity contribution >= 4 is 39.8 Å². The number of rotatable bonds is 5. The first kappa shape index (κ1) is 20.4. The number of hydrogen-bond donors (Lipinski definition) is 3. The highest BCUT2D eigenvalue weighted by Gasteiger charge is 2.46. The Morgan fingerprint density at radius 1 is 1.23 bits per heavy atom. The lowest BCUT2D eigenvalue weighted by Gasteiger charge is -2.12. The molecule has 3 aromatic rings. The number of thiazole rings is 1. The van der Waals surface area contributed by atoms with Gasteiger partial charge < -0.3 is 16.4 Å². The highest BCUT2D eigenvalue weighted by Crippen LogP contribution is 2.46. The fourth-order valence-electron chi connectivity index (χ4n) is 2.95. The fraction of sp³-hybridized carbons (Fsp3) is 0.200. The zero-order valence-corrected chi connectivity index (χ0v) is 17.1. The second kappa shape index (κ2) is 7.73. The number of hydrogen-bond acceptors (Lipinski definition) is 8. The Kier molecular flexibility index (Phi) is 5.08. The lowest BCUT2D eigenvalue weighted by Crippen LogP contribution is -2.18. The molecule has 1 fully saturated rings. The monoisotopic (exact) mass is 437 g/mol. The predicted molar refractivity (Wildman–Crippen MR) is 112 cm³/mol. The lowest BCUT2D eigenvalue weighted by atomic mass is 10.1. The number of amides is 2. The molecule has 2 aromatic heterocycles. The smallest absolute Gasteiger partial charge is 0.267 e. The van der Waals surface area contributed by atoms with Gasteiger partial charge in [-0.3, -0.25) is 9.59 Å². The molecule has 11 heteroatoms. The molecular formula is C20H16FN7O2S. The van der Waals surface area contributed by atoms with E-state index in [1.807, 2.05) is 0 Å². The van der Waals surface area contributed by atoms with E-state index < -0.39 is 23.0 Å². The molecule has 2 amide bonds. The Morgan fingerprint density at radius 3 is 2.58 bits per heavy atom. The summed E-state index contributed by atoms with van der Waals surface area (Å²) in [5.41, 5.74) is 5.94. The summed E-state index contributed by atoms with van der Waals surface area (Å²) < 4.78 is 14.5. The zero-order valence-electron chi connectivity index (χ0n) is 16.3. The predicted octanol–water partition coefficient (Wildman–Crippen LogP) is 3.02. The highest BCUT2D eigenvalue weighted by atomic mass is 32.1. The van der Waals surface area contributed by atoms with Gasteiger partial charge in [0.15, 0.2) is 10.9 Å². The summed E-state index contributed by atoms with van der Waals surface area (Å²) in [6, 6.07) is 7.76. The third kappa shape index (κ3) is 4.06. The van der Waals surface area contributed by atoms with Crippen molar-refractivity contribution in [2.24, 2.45) is 0 Å². The van der Waals surface area contributed by atoms with E-state index in [1.54, 1.807) is 13.0 Å². The Labute approximate surface area is 180 Å². The summed E-state index contributed by atoms with van der Waals surface area (Å²) in [5.74, 6) is -1.85. The maximum Gasteiger partial charge on any atom is 0.267 e. The van der Waals surface area contributed by atoms with Crippen molar-refractivity contribution in [2.75, 3.05) is 16.4 Å². The number of nitriles is 1. The molecule has 31 heavy (non-hydrogen) atoms. The summed E-state index contributed by atoms with van der Waals surface area (Å²) in [6.07, 6.45) is 2.78. The van der Waals surface area contributed by atoms with Crippen molar-refractivity contribution in [2.45, 2.75) is 25.2 Å². The molecule has 0 spiro atoms. The van der Waals surface area contributed by atoms with E-state index in [1.165, 1.54) is 18.3 Å². The maximum absolute atomic E-state index is 14.5. The minimum atomic E-state index is -0.751. The van der Waals surface area contributed by atoms with Crippen LogP contribution in [0.2, 0.25) is 0 Å². The highest BCUT2D eigenvalue weighted by molar-refractivity contribution is 7.17. The fourth-order valence-corrected chi connectivity index (χ4v) is 3.53. The number of benzene rings is 1. The van der Waals surface area contributed by atoms with Gasteiger partial charge in [0.25, 0.3) is 11.8 Å². The molecule has 0 unspecified atom stereocenters. The van der Waals surface area contributed by atoms with Crippen molar-refractivity contribution in [1.29, 1.82) is 5.26 Å². The summed E-state index contributed by atoms with van der Waals surface area (Å²) in [6.45, 7) is 1.61. The molecule has 4 rings (SSSR count). The third-order valence-corrected chi connectivity index (χ3v) is 5.74. The van der Waals surface area contributed by atoms with Crippen LogP contribution in [0.3, 0.4) is 0 Å². The number of anilines is 3. The zero-order chi connectivity index (χ0) is 22.2. The third-order valence-electron chi connectivity index (χ3n) is 4.91. The van der Waals surface area contributed by atoms with E-state index in [0.29, 0.717) is 11.3 Å². The van der Waals surface area contributed by atoms with Gasteiger partial charge in [-0.15, -0.1) is 5.10 Å². The van der Waals surface area contributed by atoms with Crippen molar-refractivity contribution in [3.05, 3.63) is 58.0 Å². The summed E-state index contributed by atoms with van der Waals surface area (Å²) >= 11 is 1.01. The van der Waals surface area contributed by atoms with Gasteiger partial charge in [0.2, 0.25) is 0 Å². The number of nitrogens with two attached hydrogens (primary N) is 1. The molecule has 0 saturated heterocycles. The number of nitrogen functional groups attached to an aromatic ring is 1. The number of nitrogens with zero attached hydrogens (tertiary/aromatic N) is 4. The SMILES string of the molecule is Cc1cc(F)c(C(=O)Nc2ccc(C3(C#N)CC3)nn2)cc1NC(=O)c1cnc(N)s1. The number of aromatic nitrogens is 3. The number of halogens is 1. The van der Waals surface area contributed by atoms with Gasteiger partial charge in [0, 0.05) is 5.69 Å². The van der Waals surface area contributed by atoms with Crippen molar-refractivity contribution in [1.82, 2.24) is 15.2 Å². The Bertz CT molecular complexity index is 1230.